The zero-order valence-electron chi connectivity index (χ0n) is 14.7. The van der Waals surface area contributed by atoms with Crippen LogP contribution in [0.4, 0.5) is 5.82 Å². The normalized spacial score (nSPS) is 10.5. The van der Waals surface area contributed by atoms with Gasteiger partial charge in [0.2, 0.25) is 0 Å². The van der Waals surface area contributed by atoms with Crippen LogP contribution in [0.2, 0.25) is 5.02 Å². The van der Waals surface area contributed by atoms with Gasteiger partial charge in [0, 0.05) is 5.02 Å². The second-order valence-corrected chi connectivity index (χ2v) is 6.55. The monoisotopic (exact) mass is 366 g/mol. The molecule has 3 rings (SSSR count). The SMILES string of the molecule is Cc1ccc(COc2nn(Cc3ccccc3Cl)c(N)c2C#N)c(C)c1. The third kappa shape index (κ3) is 3.66. The minimum Gasteiger partial charge on any atom is -0.471 e. The van der Waals surface area contributed by atoms with E-state index in [0.717, 1.165) is 16.7 Å². The van der Waals surface area contributed by atoms with E-state index in [9.17, 15) is 5.26 Å². The summed E-state index contributed by atoms with van der Waals surface area (Å²) >= 11 is 6.20. The van der Waals surface area contributed by atoms with Crippen LogP contribution in [0.3, 0.4) is 0 Å². The molecule has 2 aromatic carbocycles. The predicted molar refractivity (Wildman–Crippen MR) is 102 cm³/mol. The van der Waals surface area contributed by atoms with Crippen LogP contribution in [0.15, 0.2) is 42.5 Å². The van der Waals surface area contributed by atoms with Gasteiger partial charge in [0.1, 0.15) is 18.5 Å². The van der Waals surface area contributed by atoms with Crippen LogP contribution >= 0.6 is 11.6 Å². The number of nitrogens with zero attached hydrogens (tertiary/aromatic N) is 3. The van der Waals surface area contributed by atoms with Gasteiger partial charge in [-0.05, 0) is 36.6 Å². The number of nitrogen functional groups attached to an aromatic ring is 1. The Kier molecular flexibility index (Phi) is 5.15. The molecule has 0 aliphatic heterocycles. The highest BCUT2D eigenvalue weighted by atomic mass is 35.5. The molecule has 26 heavy (non-hydrogen) atoms. The van der Waals surface area contributed by atoms with Crippen molar-refractivity contribution in [3.8, 4) is 11.9 Å². The topological polar surface area (TPSA) is 76.9 Å². The zero-order valence-corrected chi connectivity index (χ0v) is 15.4. The van der Waals surface area contributed by atoms with E-state index in [1.54, 1.807) is 6.07 Å². The molecule has 0 radical (unpaired) electrons. The summed E-state index contributed by atoms with van der Waals surface area (Å²) in [7, 11) is 0. The molecule has 132 valence electrons. The Bertz CT molecular complexity index is 988. The lowest BCUT2D eigenvalue weighted by molar-refractivity contribution is 0.288. The number of benzene rings is 2. The van der Waals surface area contributed by atoms with E-state index in [1.165, 1.54) is 10.2 Å². The first-order chi connectivity index (χ1) is 12.5. The minimum atomic E-state index is 0.233. The maximum atomic E-state index is 9.43. The van der Waals surface area contributed by atoms with Crippen LogP contribution in [0.1, 0.15) is 27.8 Å². The van der Waals surface area contributed by atoms with E-state index in [1.807, 2.05) is 44.2 Å². The lowest BCUT2D eigenvalue weighted by atomic mass is 10.1. The Balaban J connectivity index is 1.84. The van der Waals surface area contributed by atoms with Crippen molar-refractivity contribution in [2.24, 2.45) is 0 Å². The van der Waals surface area contributed by atoms with E-state index in [0.29, 0.717) is 18.2 Å². The average molecular weight is 367 g/mol. The van der Waals surface area contributed by atoms with E-state index >= 15 is 0 Å². The highest BCUT2D eigenvalue weighted by Crippen LogP contribution is 2.26. The van der Waals surface area contributed by atoms with E-state index in [4.69, 9.17) is 22.1 Å². The molecular formula is C20H19ClN4O. The number of nitriles is 1. The molecule has 1 aromatic heterocycles. The molecule has 0 unspecified atom stereocenters. The fourth-order valence-electron chi connectivity index (χ4n) is 2.72. The summed E-state index contributed by atoms with van der Waals surface area (Å²) in [6, 6.07) is 15.7. The van der Waals surface area contributed by atoms with Crippen molar-refractivity contribution in [1.29, 1.82) is 5.26 Å². The van der Waals surface area contributed by atoms with Crippen LogP contribution in [0.5, 0.6) is 5.88 Å². The van der Waals surface area contributed by atoms with Gasteiger partial charge < -0.3 is 10.5 Å². The first-order valence-corrected chi connectivity index (χ1v) is 8.56. The molecular weight excluding hydrogens is 348 g/mol. The highest BCUT2D eigenvalue weighted by Gasteiger charge is 2.18. The second-order valence-electron chi connectivity index (χ2n) is 6.14. The largest absolute Gasteiger partial charge is 0.471 e. The number of nitrogens with two attached hydrogens (primary N) is 1. The Morgan fingerprint density at radius 1 is 1.19 bits per heavy atom. The summed E-state index contributed by atoms with van der Waals surface area (Å²) in [5, 5.41) is 14.4. The predicted octanol–water partition coefficient (Wildman–Crippen LogP) is 4.23. The number of aromatic nitrogens is 2. The molecule has 0 saturated carbocycles. The number of anilines is 1. The molecule has 2 N–H and O–H groups in total. The minimum absolute atomic E-state index is 0.233. The van der Waals surface area contributed by atoms with E-state index in [2.05, 4.69) is 17.2 Å². The molecule has 6 heteroatoms. The van der Waals surface area contributed by atoms with Crippen LogP contribution in [-0.4, -0.2) is 9.78 Å². The summed E-state index contributed by atoms with van der Waals surface area (Å²) in [5.74, 6) is 0.500. The molecule has 5 nitrogen and oxygen atoms in total. The second kappa shape index (κ2) is 7.51. The summed E-state index contributed by atoms with van der Waals surface area (Å²) in [6.45, 7) is 4.76. The third-order valence-electron chi connectivity index (χ3n) is 4.21. The first kappa shape index (κ1) is 17.8. The Hall–Kier alpha value is -2.97. The number of rotatable bonds is 5. The Labute approximate surface area is 157 Å². The lowest BCUT2D eigenvalue weighted by Crippen LogP contribution is -2.07. The molecule has 0 fully saturated rings. The number of ether oxygens (including phenoxy) is 1. The van der Waals surface area contributed by atoms with Crippen molar-refractivity contribution in [2.75, 3.05) is 5.73 Å². The van der Waals surface area contributed by atoms with Gasteiger partial charge in [-0.15, -0.1) is 5.10 Å². The quantitative estimate of drug-likeness (QED) is 0.732. The molecule has 0 aliphatic carbocycles. The van der Waals surface area contributed by atoms with Gasteiger partial charge >= 0.3 is 0 Å². The smallest absolute Gasteiger partial charge is 0.253 e. The van der Waals surface area contributed by atoms with Crippen LogP contribution in [-0.2, 0) is 13.2 Å². The van der Waals surface area contributed by atoms with Crippen molar-refractivity contribution in [3.63, 3.8) is 0 Å². The van der Waals surface area contributed by atoms with Crippen molar-refractivity contribution < 1.29 is 4.74 Å². The summed E-state index contributed by atoms with van der Waals surface area (Å²) in [5.41, 5.74) is 10.6. The highest BCUT2D eigenvalue weighted by molar-refractivity contribution is 6.31. The molecule has 0 aliphatic rings. The maximum Gasteiger partial charge on any atom is 0.253 e. The molecule has 3 aromatic rings. The number of halogens is 1. The fraction of sp³-hybridized carbons (Fsp3) is 0.200. The first-order valence-electron chi connectivity index (χ1n) is 8.18. The molecule has 0 atom stereocenters. The third-order valence-corrected chi connectivity index (χ3v) is 4.58. The molecule has 0 spiro atoms. The Morgan fingerprint density at radius 3 is 2.65 bits per heavy atom. The van der Waals surface area contributed by atoms with Gasteiger partial charge in [-0.3, -0.25) is 0 Å². The summed E-state index contributed by atoms with van der Waals surface area (Å²) in [6.07, 6.45) is 0. The number of hydrogen-bond donors (Lipinski definition) is 1. The van der Waals surface area contributed by atoms with Crippen LogP contribution in [0, 0.1) is 25.2 Å². The van der Waals surface area contributed by atoms with Gasteiger partial charge in [0.05, 0.1) is 6.54 Å². The van der Waals surface area contributed by atoms with Gasteiger partial charge in [0.15, 0.2) is 5.56 Å². The van der Waals surface area contributed by atoms with Gasteiger partial charge in [0.25, 0.3) is 5.88 Å². The van der Waals surface area contributed by atoms with Crippen molar-refractivity contribution in [1.82, 2.24) is 9.78 Å². The summed E-state index contributed by atoms with van der Waals surface area (Å²) < 4.78 is 7.34. The molecule has 1 heterocycles. The average Bonchev–Trinajstić information content (AvgIpc) is 2.91. The summed E-state index contributed by atoms with van der Waals surface area (Å²) in [4.78, 5) is 0. The van der Waals surface area contributed by atoms with Crippen LogP contribution < -0.4 is 10.5 Å². The molecule has 0 saturated heterocycles. The fourth-order valence-corrected chi connectivity index (χ4v) is 2.92. The van der Waals surface area contributed by atoms with Gasteiger partial charge in [-0.2, -0.15) is 5.26 Å². The van der Waals surface area contributed by atoms with E-state index in [-0.39, 0.29) is 17.3 Å². The van der Waals surface area contributed by atoms with Crippen LogP contribution in [0.25, 0.3) is 0 Å². The standard InChI is InChI=1S/C20H19ClN4O/c1-13-7-8-16(14(2)9-13)12-26-20-17(10-22)19(23)25(24-20)11-15-5-3-4-6-18(15)21/h3-9H,11-12,23H2,1-2H3. The number of hydrogen-bond acceptors (Lipinski definition) is 4. The maximum absolute atomic E-state index is 9.43. The molecule has 0 bridgehead atoms. The van der Waals surface area contributed by atoms with Gasteiger partial charge in [-0.25, -0.2) is 4.68 Å². The van der Waals surface area contributed by atoms with Crippen molar-refractivity contribution >= 4 is 17.4 Å². The zero-order chi connectivity index (χ0) is 18.7. The lowest BCUT2D eigenvalue weighted by Gasteiger charge is -2.08. The molecule has 0 amide bonds. The Morgan fingerprint density at radius 2 is 1.96 bits per heavy atom. The van der Waals surface area contributed by atoms with Crippen molar-refractivity contribution in [3.05, 3.63) is 75.3 Å². The van der Waals surface area contributed by atoms with Gasteiger partial charge in [-0.1, -0.05) is 53.6 Å². The number of aryl methyl sites for hydroxylation is 2. The van der Waals surface area contributed by atoms with E-state index < -0.39 is 0 Å². The van der Waals surface area contributed by atoms with Crippen molar-refractivity contribution in [2.45, 2.75) is 27.0 Å².